The van der Waals surface area contributed by atoms with Gasteiger partial charge in [-0.1, -0.05) is 59.8 Å². The number of amides is 1. The molecule has 9 heteroatoms. The van der Waals surface area contributed by atoms with Gasteiger partial charge in [0.2, 0.25) is 0 Å². The number of methoxy groups -OCH3 is 1. The Kier molecular flexibility index (Phi) is 8.51. The van der Waals surface area contributed by atoms with Crippen molar-refractivity contribution in [3.05, 3.63) is 94.8 Å². The molecule has 4 rings (SSSR count). The highest BCUT2D eigenvalue weighted by atomic mass is 35.5. The Morgan fingerprint density at radius 1 is 1.06 bits per heavy atom. The number of para-hydroxylation sites is 1. The van der Waals surface area contributed by atoms with Gasteiger partial charge in [0.1, 0.15) is 11.5 Å². The fourth-order valence-corrected chi connectivity index (χ4v) is 4.69. The number of hydrogen-bond donors (Lipinski definition) is 1. The van der Waals surface area contributed by atoms with Gasteiger partial charge in [0, 0.05) is 10.8 Å². The summed E-state index contributed by atoms with van der Waals surface area (Å²) in [4.78, 5) is 12.6. The molecule has 1 heterocycles. The summed E-state index contributed by atoms with van der Waals surface area (Å²) in [5, 5.41) is 13.2. The van der Waals surface area contributed by atoms with Gasteiger partial charge < -0.3 is 14.8 Å². The molecular weight excluding hydrogens is 496 g/mol. The number of nitrogens with one attached hydrogen (secondary N) is 1. The van der Waals surface area contributed by atoms with Crippen LogP contribution in [0.2, 0.25) is 5.02 Å². The van der Waals surface area contributed by atoms with Crippen molar-refractivity contribution in [3.63, 3.8) is 0 Å². The van der Waals surface area contributed by atoms with E-state index in [2.05, 4.69) is 15.5 Å². The Morgan fingerprint density at radius 2 is 1.83 bits per heavy atom. The molecule has 186 valence electrons. The largest absolute Gasteiger partial charge is 0.497 e. The van der Waals surface area contributed by atoms with E-state index >= 15 is 0 Å². The predicted molar refractivity (Wildman–Crippen MR) is 142 cm³/mol. The quantitative estimate of drug-likeness (QED) is 0.266. The number of rotatable bonds is 10. The van der Waals surface area contributed by atoms with Crippen LogP contribution in [0, 0.1) is 6.92 Å². The van der Waals surface area contributed by atoms with Crippen LogP contribution in [0.25, 0.3) is 5.69 Å². The zero-order valence-corrected chi connectivity index (χ0v) is 21.8. The average Bonchev–Trinajstić information content (AvgIpc) is 3.32. The Morgan fingerprint density at radius 3 is 2.61 bits per heavy atom. The monoisotopic (exact) mass is 522 g/mol. The van der Waals surface area contributed by atoms with Crippen molar-refractivity contribution in [2.75, 3.05) is 13.7 Å². The Hall–Kier alpha value is -3.49. The molecule has 0 aliphatic heterocycles. The molecule has 1 amide bonds. The first-order valence-corrected chi connectivity index (χ1v) is 12.8. The van der Waals surface area contributed by atoms with Crippen LogP contribution in [-0.4, -0.2) is 34.4 Å². The third kappa shape index (κ3) is 6.38. The Balaban J connectivity index is 1.56. The van der Waals surface area contributed by atoms with Crippen LogP contribution in [0.5, 0.6) is 11.5 Å². The van der Waals surface area contributed by atoms with E-state index in [-0.39, 0.29) is 12.5 Å². The molecular formula is C27H27ClN4O3S. The van der Waals surface area contributed by atoms with Gasteiger partial charge in [-0.3, -0.25) is 9.36 Å². The number of benzene rings is 3. The number of nitrogens with zero attached hydrogens (tertiary/aromatic N) is 3. The number of aromatic nitrogens is 3. The first-order chi connectivity index (χ1) is 17.4. The van der Waals surface area contributed by atoms with Gasteiger partial charge in [-0.2, -0.15) is 0 Å². The fourth-order valence-electron chi connectivity index (χ4n) is 3.63. The highest BCUT2D eigenvalue weighted by Crippen LogP contribution is 2.31. The van der Waals surface area contributed by atoms with E-state index in [4.69, 9.17) is 21.1 Å². The Bertz CT molecular complexity index is 1330. The molecule has 0 saturated heterocycles. The van der Waals surface area contributed by atoms with Gasteiger partial charge in [-0.25, -0.2) is 0 Å². The van der Waals surface area contributed by atoms with Crippen molar-refractivity contribution >= 4 is 29.3 Å². The molecule has 1 unspecified atom stereocenters. The van der Waals surface area contributed by atoms with Crippen molar-refractivity contribution in [3.8, 4) is 17.2 Å². The third-order valence-electron chi connectivity index (χ3n) is 5.45. The van der Waals surface area contributed by atoms with E-state index in [0.717, 1.165) is 22.6 Å². The molecule has 7 nitrogen and oxygen atoms in total. The molecule has 0 fully saturated rings. The van der Waals surface area contributed by atoms with Crippen LogP contribution in [-0.2, 0) is 10.5 Å². The standard InChI is InChI=1S/C27H27ClN4O3S/c1-18-12-13-21(28)15-24(18)32-26(19(2)29-25(33)16-35-22-9-5-4-6-10-22)30-31-27(32)36-17-20-8-7-11-23(14-20)34-3/h4-15,19H,16-17H2,1-3H3,(H,29,33). The van der Waals surface area contributed by atoms with Crippen molar-refractivity contribution in [1.82, 2.24) is 20.1 Å². The minimum absolute atomic E-state index is 0.101. The summed E-state index contributed by atoms with van der Waals surface area (Å²) in [6, 6.07) is 22.4. The summed E-state index contributed by atoms with van der Waals surface area (Å²) in [7, 11) is 1.65. The molecule has 36 heavy (non-hydrogen) atoms. The topological polar surface area (TPSA) is 78.3 Å². The number of carbonyl (C=O) groups excluding carboxylic acids is 1. The molecule has 1 N–H and O–H groups in total. The minimum atomic E-state index is -0.422. The van der Waals surface area contributed by atoms with Gasteiger partial charge in [0.05, 0.1) is 18.8 Å². The highest BCUT2D eigenvalue weighted by Gasteiger charge is 2.22. The van der Waals surface area contributed by atoms with E-state index in [1.165, 1.54) is 0 Å². The second kappa shape index (κ2) is 12.0. The lowest BCUT2D eigenvalue weighted by Crippen LogP contribution is -2.32. The number of thioether (sulfide) groups is 1. The molecule has 4 aromatic rings. The van der Waals surface area contributed by atoms with E-state index in [1.807, 2.05) is 79.1 Å². The number of ether oxygens (including phenoxy) is 2. The van der Waals surface area contributed by atoms with Crippen molar-refractivity contribution < 1.29 is 14.3 Å². The fraction of sp³-hybridized carbons (Fsp3) is 0.222. The van der Waals surface area contributed by atoms with Gasteiger partial charge in [-0.05, 0) is 61.4 Å². The molecule has 0 aliphatic rings. The van der Waals surface area contributed by atoms with Gasteiger partial charge in [-0.15, -0.1) is 10.2 Å². The van der Waals surface area contributed by atoms with Crippen molar-refractivity contribution in [1.29, 1.82) is 0 Å². The second-order valence-electron chi connectivity index (χ2n) is 8.14. The lowest BCUT2D eigenvalue weighted by molar-refractivity contribution is -0.123. The summed E-state index contributed by atoms with van der Waals surface area (Å²) in [6.07, 6.45) is 0. The lowest BCUT2D eigenvalue weighted by Gasteiger charge is -2.18. The number of aryl methyl sites for hydroxylation is 1. The van der Waals surface area contributed by atoms with Crippen LogP contribution < -0.4 is 14.8 Å². The lowest BCUT2D eigenvalue weighted by atomic mass is 10.2. The normalized spacial score (nSPS) is 11.7. The first-order valence-electron chi connectivity index (χ1n) is 11.4. The van der Waals surface area contributed by atoms with E-state index in [1.54, 1.807) is 31.0 Å². The number of halogens is 1. The molecule has 1 aromatic heterocycles. The van der Waals surface area contributed by atoms with Crippen LogP contribution in [0.1, 0.15) is 29.9 Å². The molecule has 1 atom stereocenters. The van der Waals surface area contributed by atoms with Gasteiger partial charge in [0.25, 0.3) is 5.91 Å². The summed E-state index contributed by atoms with van der Waals surface area (Å²) >= 11 is 7.89. The predicted octanol–water partition coefficient (Wildman–Crippen LogP) is 5.79. The van der Waals surface area contributed by atoms with Crippen LogP contribution >= 0.6 is 23.4 Å². The summed E-state index contributed by atoms with van der Waals surface area (Å²) in [6.45, 7) is 3.77. The Labute approximate surface area is 219 Å². The van der Waals surface area contributed by atoms with Crippen LogP contribution in [0.15, 0.2) is 78.0 Å². The van der Waals surface area contributed by atoms with E-state index in [9.17, 15) is 4.79 Å². The minimum Gasteiger partial charge on any atom is -0.497 e. The van der Waals surface area contributed by atoms with Gasteiger partial charge >= 0.3 is 0 Å². The molecule has 0 spiro atoms. The molecule has 0 aliphatic carbocycles. The molecule has 0 bridgehead atoms. The zero-order chi connectivity index (χ0) is 25.5. The smallest absolute Gasteiger partial charge is 0.258 e. The second-order valence-corrected chi connectivity index (χ2v) is 9.52. The molecule has 0 radical (unpaired) electrons. The first kappa shape index (κ1) is 25.6. The van der Waals surface area contributed by atoms with Gasteiger partial charge in [0.15, 0.2) is 17.6 Å². The van der Waals surface area contributed by atoms with E-state index in [0.29, 0.717) is 27.5 Å². The SMILES string of the molecule is COc1cccc(CSc2nnc(C(C)NC(=O)COc3ccccc3)n2-c2cc(Cl)ccc2C)c1. The molecule has 0 saturated carbocycles. The van der Waals surface area contributed by atoms with E-state index < -0.39 is 6.04 Å². The number of hydrogen-bond acceptors (Lipinski definition) is 6. The maximum atomic E-state index is 12.6. The highest BCUT2D eigenvalue weighted by molar-refractivity contribution is 7.98. The van der Waals surface area contributed by atoms with Crippen LogP contribution in [0.4, 0.5) is 0 Å². The summed E-state index contributed by atoms with van der Waals surface area (Å²) < 4.78 is 12.9. The van der Waals surface area contributed by atoms with Crippen LogP contribution in [0.3, 0.4) is 0 Å². The third-order valence-corrected chi connectivity index (χ3v) is 6.69. The number of carbonyl (C=O) groups is 1. The zero-order valence-electron chi connectivity index (χ0n) is 20.3. The maximum Gasteiger partial charge on any atom is 0.258 e. The molecule has 3 aromatic carbocycles. The maximum absolute atomic E-state index is 12.6. The van der Waals surface area contributed by atoms with Crippen molar-refractivity contribution in [2.24, 2.45) is 0 Å². The van der Waals surface area contributed by atoms with Crippen molar-refractivity contribution in [2.45, 2.75) is 30.8 Å². The average molecular weight is 523 g/mol. The summed E-state index contributed by atoms with van der Waals surface area (Å²) in [5.74, 6) is 2.45. The summed E-state index contributed by atoms with van der Waals surface area (Å²) in [5.41, 5.74) is 2.96.